The van der Waals surface area contributed by atoms with Crippen molar-refractivity contribution in [2.45, 2.75) is 6.18 Å². The Balaban J connectivity index is 2.55. The average Bonchev–Trinajstić information content (AvgIpc) is 2.16. The van der Waals surface area contributed by atoms with Crippen molar-refractivity contribution in [2.24, 2.45) is 0 Å². The Bertz CT molecular complexity index is 365. The van der Waals surface area contributed by atoms with Crippen molar-refractivity contribution >= 4 is 11.8 Å². The maximum absolute atomic E-state index is 12.0. The second-order valence-electron chi connectivity index (χ2n) is 2.59. The molecule has 1 rings (SSSR count). The molecule has 0 aliphatic carbocycles. The molecule has 0 saturated carbocycles. The van der Waals surface area contributed by atoms with Gasteiger partial charge < -0.3 is 5.11 Å². The number of nitrogens with zero attached hydrogens (tertiary/aromatic N) is 2. The molecule has 0 spiro atoms. The molecule has 1 aromatic rings. The molecular formula is C7H6F3N3O3. The lowest BCUT2D eigenvalue weighted by molar-refractivity contribution is -0.142. The van der Waals surface area contributed by atoms with E-state index in [1.165, 1.54) is 0 Å². The highest BCUT2D eigenvalue weighted by atomic mass is 19.4. The predicted octanol–water partition coefficient (Wildman–Crippen LogP) is 0.924. The van der Waals surface area contributed by atoms with Crippen LogP contribution in [0.2, 0.25) is 0 Å². The van der Waals surface area contributed by atoms with Crippen LogP contribution in [0.25, 0.3) is 0 Å². The number of nitrogens with one attached hydrogen (secondary N) is 1. The first-order valence-corrected chi connectivity index (χ1v) is 3.90. The highest BCUT2D eigenvalue weighted by molar-refractivity contribution is 5.68. The Morgan fingerprint density at radius 2 is 2.12 bits per heavy atom. The van der Waals surface area contributed by atoms with E-state index in [1.54, 1.807) is 0 Å². The Kier molecular flexibility index (Phi) is 3.61. The number of carboxylic acids is 1. The minimum Gasteiger partial charge on any atom is -0.479 e. The highest BCUT2D eigenvalue weighted by Gasteiger charge is 2.32. The molecule has 0 atom stereocenters. The molecule has 88 valence electrons. The summed E-state index contributed by atoms with van der Waals surface area (Å²) in [6, 6.07) is 1.66. The zero-order valence-electron chi connectivity index (χ0n) is 7.65. The number of carbonyl (C=O) groups is 1. The summed E-state index contributed by atoms with van der Waals surface area (Å²) in [4.78, 5) is 14.4. The monoisotopic (exact) mass is 237 g/mol. The quantitative estimate of drug-likeness (QED) is 0.757. The first kappa shape index (κ1) is 12.2. The van der Waals surface area contributed by atoms with E-state index in [1.807, 2.05) is 5.48 Å². The van der Waals surface area contributed by atoms with Crippen LogP contribution in [-0.4, -0.2) is 27.9 Å². The number of rotatable bonds is 4. The lowest BCUT2D eigenvalue weighted by Gasteiger charge is -2.06. The average molecular weight is 237 g/mol. The third kappa shape index (κ3) is 3.69. The first-order valence-electron chi connectivity index (χ1n) is 3.90. The summed E-state index contributed by atoms with van der Waals surface area (Å²) in [7, 11) is 0. The molecule has 0 amide bonds. The fourth-order valence-corrected chi connectivity index (χ4v) is 0.710. The highest BCUT2D eigenvalue weighted by Crippen LogP contribution is 2.26. The van der Waals surface area contributed by atoms with Gasteiger partial charge in [-0.05, 0) is 12.1 Å². The van der Waals surface area contributed by atoms with Crippen molar-refractivity contribution in [1.82, 2.24) is 10.2 Å². The van der Waals surface area contributed by atoms with Gasteiger partial charge in [-0.3, -0.25) is 4.84 Å². The van der Waals surface area contributed by atoms with Gasteiger partial charge in [-0.15, -0.1) is 10.2 Å². The van der Waals surface area contributed by atoms with Crippen LogP contribution in [0.4, 0.5) is 19.0 Å². The van der Waals surface area contributed by atoms with Gasteiger partial charge in [0, 0.05) is 0 Å². The van der Waals surface area contributed by atoms with Crippen LogP contribution in [0.3, 0.4) is 0 Å². The van der Waals surface area contributed by atoms with Crippen LogP contribution >= 0.6 is 0 Å². The van der Waals surface area contributed by atoms with Crippen LogP contribution in [-0.2, 0) is 15.8 Å². The number of hydrogen-bond acceptors (Lipinski definition) is 5. The molecule has 0 aliphatic heterocycles. The number of alkyl halides is 3. The number of aromatic nitrogens is 2. The molecule has 0 unspecified atom stereocenters. The summed E-state index contributed by atoms with van der Waals surface area (Å²) in [6.07, 6.45) is -4.56. The first-order chi connectivity index (χ1) is 7.39. The van der Waals surface area contributed by atoms with Gasteiger partial charge in [0.1, 0.15) is 0 Å². The van der Waals surface area contributed by atoms with E-state index in [2.05, 4.69) is 15.0 Å². The summed E-state index contributed by atoms with van der Waals surface area (Å²) in [6.45, 7) is -0.650. The zero-order valence-corrected chi connectivity index (χ0v) is 7.65. The fourth-order valence-electron chi connectivity index (χ4n) is 0.710. The lowest BCUT2D eigenvalue weighted by Crippen LogP contribution is -2.14. The van der Waals surface area contributed by atoms with Gasteiger partial charge in [-0.1, -0.05) is 0 Å². The molecule has 1 aromatic heterocycles. The molecule has 2 N–H and O–H groups in total. The third-order valence-electron chi connectivity index (χ3n) is 1.33. The summed E-state index contributed by atoms with van der Waals surface area (Å²) < 4.78 is 36.1. The van der Waals surface area contributed by atoms with E-state index in [0.29, 0.717) is 6.07 Å². The van der Waals surface area contributed by atoms with Gasteiger partial charge in [-0.2, -0.15) is 13.2 Å². The van der Waals surface area contributed by atoms with E-state index >= 15 is 0 Å². The molecule has 9 heteroatoms. The molecule has 16 heavy (non-hydrogen) atoms. The van der Waals surface area contributed by atoms with Crippen LogP contribution in [0.1, 0.15) is 5.69 Å². The number of anilines is 1. The summed E-state index contributed by atoms with van der Waals surface area (Å²) in [5, 5.41) is 14.2. The topological polar surface area (TPSA) is 84.3 Å². The van der Waals surface area contributed by atoms with Gasteiger partial charge >= 0.3 is 12.1 Å². The van der Waals surface area contributed by atoms with Crippen LogP contribution in [0, 0.1) is 0 Å². The van der Waals surface area contributed by atoms with E-state index in [-0.39, 0.29) is 5.82 Å². The number of hydrogen-bond donors (Lipinski definition) is 2. The van der Waals surface area contributed by atoms with Crippen LogP contribution in [0.5, 0.6) is 0 Å². The van der Waals surface area contributed by atoms with E-state index in [0.717, 1.165) is 6.07 Å². The standard InChI is InChI=1S/C7H6F3N3O3/c8-7(9,10)4-1-2-5(12-11-4)13-16-3-6(14)15/h1-2H,3H2,(H,12,13)(H,14,15). The molecule has 0 saturated heterocycles. The molecule has 0 aliphatic rings. The third-order valence-corrected chi connectivity index (χ3v) is 1.33. The molecule has 0 fully saturated rings. The van der Waals surface area contributed by atoms with Gasteiger partial charge in [0.05, 0.1) is 0 Å². The summed E-state index contributed by atoms with van der Waals surface area (Å²) in [5.41, 5.74) is 0.891. The van der Waals surface area contributed by atoms with Crippen LogP contribution < -0.4 is 5.48 Å². The zero-order chi connectivity index (χ0) is 12.2. The number of halogens is 3. The van der Waals surface area contributed by atoms with Gasteiger partial charge in [0.25, 0.3) is 0 Å². The van der Waals surface area contributed by atoms with Crippen molar-refractivity contribution < 1.29 is 27.9 Å². The van der Waals surface area contributed by atoms with Crippen molar-refractivity contribution in [3.05, 3.63) is 17.8 Å². The molecule has 1 heterocycles. The molecular weight excluding hydrogens is 231 g/mol. The van der Waals surface area contributed by atoms with E-state index in [4.69, 9.17) is 5.11 Å². The largest absolute Gasteiger partial charge is 0.479 e. The SMILES string of the molecule is O=C(O)CONc1ccc(C(F)(F)F)nn1. The van der Waals surface area contributed by atoms with Gasteiger partial charge in [0.15, 0.2) is 18.1 Å². The predicted molar refractivity (Wildman–Crippen MR) is 44.2 cm³/mol. The van der Waals surface area contributed by atoms with E-state index in [9.17, 15) is 18.0 Å². The maximum atomic E-state index is 12.0. The molecule has 0 radical (unpaired) electrons. The molecule has 0 bridgehead atoms. The fraction of sp³-hybridized carbons (Fsp3) is 0.286. The minimum atomic E-state index is -4.56. The maximum Gasteiger partial charge on any atom is 0.435 e. The number of aliphatic carboxylic acids is 1. The van der Waals surface area contributed by atoms with Gasteiger partial charge in [-0.25, -0.2) is 10.3 Å². The number of carboxylic acid groups (broad SMARTS) is 1. The second kappa shape index (κ2) is 4.75. The van der Waals surface area contributed by atoms with Gasteiger partial charge in [0.2, 0.25) is 0 Å². The van der Waals surface area contributed by atoms with Crippen molar-refractivity contribution in [3.8, 4) is 0 Å². The lowest BCUT2D eigenvalue weighted by atomic mass is 10.4. The van der Waals surface area contributed by atoms with Crippen molar-refractivity contribution in [2.75, 3.05) is 12.1 Å². The Labute approximate surface area is 87.0 Å². The Morgan fingerprint density at radius 3 is 2.56 bits per heavy atom. The molecule has 0 aromatic carbocycles. The minimum absolute atomic E-state index is 0.116. The summed E-state index contributed by atoms with van der Waals surface area (Å²) >= 11 is 0. The molecule has 6 nitrogen and oxygen atoms in total. The van der Waals surface area contributed by atoms with E-state index < -0.39 is 24.4 Å². The summed E-state index contributed by atoms with van der Waals surface area (Å²) in [5.74, 6) is -1.35. The Hall–Kier alpha value is -1.90. The van der Waals surface area contributed by atoms with Crippen molar-refractivity contribution in [3.63, 3.8) is 0 Å². The second-order valence-corrected chi connectivity index (χ2v) is 2.59. The van der Waals surface area contributed by atoms with Crippen LogP contribution in [0.15, 0.2) is 12.1 Å². The Morgan fingerprint density at radius 1 is 1.44 bits per heavy atom. The van der Waals surface area contributed by atoms with Crippen molar-refractivity contribution in [1.29, 1.82) is 0 Å². The smallest absolute Gasteiger partial charge is 0.435 e. The normalized spacial score (nSPS) is 11.2.